The van der Waals surface area contributed by atoms with E-state index in [-0.39, 0.29) is 30.3 Å². The summed E-state index contributed by atoms with van der Waals surface area (Å²) < 4.78 is 25.7. The molecular formula is C20H28N6O5S. The van der Waals surface area contributed by atoms with Crippen LogP contribution in [0.4, 0.5) is 5.82 Å². The molecule has 0 saturated carbocycles. The molecule has 2 unspecified atom stereocenters. The number of imidazole rings is 1. The fourth-order valence-corrected chi connectivity index (χ4v) is 6.18. The van der Waals surface area contributed by atoms with E-state index in [2.05, 4.69) is 15.0 Å². The molecule has 174 valence electrons. The molecule has 2 aromatic heterocycles. The van der Waals surface area contributed by atoms with Gasteiger partial charge >= 0.3 is 5.97 Å². The summed E-state index contributed by atoms with van der Waals surface area (Å²) in [5.41, 5.74) is 7.08. The number of methoxy groups -OCH3 is 1. The number of nitrogens with two attached hydrogens (primary N) is 1. The van der Waals surface area contributed by atoms with Crippen molar-refractivity contribution >= 4 is 34.7 Å². The number of esters is 1. The Balaban J connectivity index is 1.33. The Hall–Kier alpha value is -1.99. The molecule has 0 aliphatic carbocycles. The monoisotopic (exact) mass is 464 g/mol. The summed E-state index contributed by atoms with van der Waals surface area (Å²) >= 11 is 1.79. The fourth-order valence-electron chi connectivity index (χ4n) is 4.79. The van der Waals surface area contributed by atoms with E-state index in [0.29, 0.717) is 28.0 Å². The Bertz CT molecular complexity index is 1020. The van der Waals surface area contributed by atoms with Gasteiger partial charge in [0.05, 0.1) is 19.5 Å². The lowest BCUT2D eigenvalue weighted by atomic mass is 10.1. The third-order valence-electron chi connectivity index (χ3n) is 6.27. The first kappa shape index (κ1) is 21.8. The molecule has 0 amide bonds. The third-order valence-corrected chi connectivity index (χ3v) is 7.60. The van der Waals surface area contributed by atoms with Crippen molar-refractivity contribution in [1.29, 1.82) is 0 Å². The first-order valence-corrected chi connectivity index (χ1v) is 11.7. The third kappa shape index (κ3) is 3.73. The second kappa shape index (κ2) is 8.10. The van der Waals surface area contributed by atoms with Gasteiger partial charge in [-0.1, -0.05) is 0 Å². The molecule has 3 fully saturated rings. The smallest absolute Gasteiger partial charge is 0.323 e. The van der Waals surface area contributed by atoms with Crippen LogP contribution >= 0.6 is 11.8 Å². The van der Waals surface area contributed by atoms with Crippen LogP contribution in [0.25, 0.3) is 11.2 Å². The van der Waals surface area contributed by atoms with Crippen molar-refractivity contribution in [2.24, 2.45) is 0 Å². The maximum Gasteiger partial charge on any atom is 0.323 e. The number of carbonyl (C=O) groups is 1. The molecule has 2 aromatic rings. The minimum Gasteiger partial charge on any atom is -0.468 e. The van der Waals surface area contributed by atoms with E-state index in [1.807, 2.05) is 30.4 Å². The molecular weight excluding hydrogens is 436 g/mol. The van der Waals surface area contributed by atoms with E-state index in [1.165, 1.54) is 13.4 Å². The number of likely N-dealkylation sites (N-methyl/N-ethyl adjacent to an activating group) is 1. The Kier molecular flexibility index (Phi) is 5.53. The number of nitrogens with zero attached hydrogens (tertiary/aromatic N) is 5. The number of likely N-dealkylation sites (tertiary alicyclic amines) is 1. The normalized spacial score (nSPS) is 34.2. The Morgan fingerprint density at radius 1 is 1.31 bits per heavy atom. The largest absolute Gasteiger partial charge is 0.468 e. The predicted molar refractivity (Wildman–Crippen MR) is 117 cm³/mol. The van der Waals surface area contributed by atoms with Crippen LogP contribution in [0.5, 0.6) is 0 Å². The van der Waals surface area contributed by atoms with Crippen LogP contribution in [0.1, 0.15) is 26.5 Å². The van der Waals surface area contributed by atoms with Crippen molar-refractivity contribution in [2.45, 2.75) is 61.9 Å². The van der Waals surface area contributed by atoms with E-state index in [9.17, 15) is 4.79 Å². The highest BCUT2D eigenvalue weighted by molar-refractivity contribution is 8.00. The van der Waals surface area contributed by atoms with Crippen LogP contribution < -0.4 is 5.73 Å². The van der Waals surface area contributed by atoms with Gasteiger partial charge in [0.1, 0.15) is 30.1 Å². The van der Waals surface area contributed by atoms with Crippen LogP contribution in [-0.4, -0.2) is 92.2 Å². The highest BCUT2D eigenvalue weighted by Gasteiger charge is 2.56. The second-order valence-electron chi connectivity index (χ2n) is 8.88. The second-order valence-corrected chi connectivity index (χ2v) is 10.2. The minimum absolute atomic E-state index is 0.184. The molecule has 32 heavy (non-hydrogen) atoms. The maximum absolute atomic E-state index is 12.0. The molecule has 11 nitrogen and oxygen atoms in total. The van der Waals surface area contributed by atoms with Crippen LogP contribution in [0.2, 0.25) is 0 Å². The molecule has 5 heterocycles. The standard InChI is InChI=1S/C20H28N6O5S/c1-20(2)30-14-12(7-32-10-5-11(19(27)28-4)25(3)6-10)29-18(15(14)31-20)26-9-24-13-16(21)22-8-23-17(13)26/h8-12,14-15,18H,5-7H2,1-4H3,(H2,21,22,23)/t10?,11?,12-,14+,15-,18-/m1/s1. The quantitative estimate of drug-likeness (QED) is 0.631. The van der Waals surface area contributed by atoms with Crippen molar-refractivity contribution in [3.63, 3.8) is 0 Å². The van der Waals surface area contributed by atoms with E-state index in [0.717, 1.165) is 13.0 Å². The summed E-state index contributed by atoms with van der Waals surface area (Å²) in [6, 6.07) is -0.199. The van der Waals surface area contributed by atoms with E-state index >= 15 is 0 Å². The first-order chi connectivity index (χ1) is 15.3. The topological polar surface area (TPSA) is 127 Å². The molecule has 5 rings (SSSR count). The van der Waals surface area contributed by atoms with Gasteiger partial charge in [-0.3, -0.25) is 14.3 Å². The first-order valence-electron chi connectivity index (χ1n) is 10.6. The summed E-state index contributed by atoms with van der Waals surface area (Å²) in [5.74, 6) is 0.141. The number of anilines is 1. The zero-order valence-corrected chi connectivity index (χ0v) is 19.3. The van der Waals surface area contributed by atoms with Gasteiger partial charge in [-0.25, -0.2) is 15.0 Å². The minimum atomic E-state index is -0.714. The van der Waals surface area contributed by atoms with Gasteiger partial charge < -0.3 is 24.7 Å². The van der Waals surface area contributed by atoms with E-state index in [1.54, 1.807) is 18.1 Å². The van der Waals surface area contributed by atoms with Crippen LogP contribution in [0, 0.1) is 0 Å². The zero-order chi connectivity index (χ0) is 22.6. The maximum atomic E-state index is 12.0. The lowest BCUT2D eigenvalue weighted by Crippen LogP contribution is -2.33. The van der Waals surface area contributed by atoms with Gasteiger partial charge in [0, 0.05) is 17.5 Å². The van der Waals surface area contributed by atoms with Crippen molar-refractivity contribution in [2.75, 3.05) is 32.2 Å². The molecule has 0 radical (unpaired) electrons. The van der Waals surface area contributed by atoms with Gasteiger partial charge in [-0.15, -0.1) is 0 Å². The van der Waals surface area contributed by atoms with Gasteiger partial charge in [-0.2, -0.15) is 11.8 Å². The average molecular weight is 465 g/mol. The number of aromatic nitrogens is 4. The molecule has 0 bridgehead atoms. The highest BCUT2D eigenvalue weighted by atomic mass is 32.2. The lowest BCUT2D eigenvalue weighted by Gasteiger charge is -2.25. The Morgan fingerprint density at radius 2 is 2.09 bits per heavy atom. The fraction of sp³-hybridized carbons (Fsp3) is 0.700. The van der Waals surface area contributed by atoms with Crippen LogP contribution in [-0.2, 0) is 23.7 Å². The van der Waals surface area contributed by atoms with Crippen molar-refractivity contribution in [1.82, 2.24) is 24.4 Å². The van der Waals surface area contributed by atoms with E-state index < -0.39 is 12.0 Å². The van der Waals surface area contributed by atoms with Gasteiger partial charge in [-0.05, 0) is 27.3 Å². The number of thioether (sulfide) groups is 1. The Morgan fingerprint density at radius 3 is 2.88 bits per heavy atom. The molecule has 6 atom stereocenters. The number of rotatable bonds is 5. The molecule has 12 heteroatoms. The van der Waals surface area contributed by atoms with Gasteiger partial charge in [0.15, 0.2) is 23.5 Å². The van der Waals surface area contributed by atoms with Crippen molar-refractivity contribution in [3.05, 3.63) is 12.7 Å². The average Bonchev–Trinajstić information content (AvgIpc) is 3.48. The molecule has 3 saturated heterocycles. The summed E-state index contributed by atoms with van der Waals surface area (Å²) in [6.07, 6.45) is 2.67. The zero-order valence-electron chi connectivity index (χ0n) is 18.5. The number of nitrogen functional groups attached to an aromatic ring is 1. The summed E-state index contributed by atoms with van der Waals surface area (Å²) in [6.45, 7) is 4.64. The van der Waals surface area contributed by atoms with E-state index in [4.69, 9.17) is 24.7 Å². The number of fused-ring (bicyclic) bond motifs is 2. The van der Waals surface area contributed by atoms with Gasteiger partial charge in [0.2, 0.25) is 0 Å². The molecule has 2 N–H and O–H groups in total. The number of hydrogen-bond donors (Lipinski definition) is 1. The highest BCUT2D eigenvalue weighted by Crippen LogP contribution is 2.45. The van der Waals surface area contributed by atoms with Crippen LogP contribution in [0.3, 0.4) is 0 Å². The predicted octanol–water partition coefficient (Wildman–Crippen LogP) is 0.805. The molecule has 3 aliphatic heterocycles. The molecule has 3 aliphatic rings. The summed E-state index contributed by atoms with van der Waals surface area (Å²) in [7, 11) is 3.38. The number of ether oxygens (including phenoxy) is 4. The summed E-state index contributed by atoms with van der Waals surface area (Å²) in [5, 5.41) is 0.308. The Labute approximate surface area is 189 Å². The number of carbonyl (C=O) groups excluding carboxylic acids is 1. The van der Waals surface area contributed by atoms with Crippen molar-refractivity contribution in [3.8, 4) is 0 Å². The molecule has 0 spiro atoms. The SMILES string of the molecule is COC(=O)C1CC(SC[C@H]2O[C@@H](n3cnc4c(N)ncnc43)[C@@H]3OC(C)(C)O[C@H]32)CN1C. The molecule has 0 aromatic carbocycles. The summed E-state index contributed by atoms with van der Waals surface area (Å²) in [4.78, 5) is 26.8. The lowest BCUT2D eigenvalue weighted by molar-refractivity contribution is -0.193. The van der Waals surface area contributed by atoms with Crippen LogP contribution in [0.15, 0.2) is 12.7 Å². The van der Waals surface area contributed by atoms with Crippen molar-refractivity contribution < 1.29 is 23.7 Å². The number of hydrogen-bond acceptors (Lipinski definition) is 11. The van der Waals surface area contributed by atoms with Gasteiger partial charge in [0.25, 0.3) is 0 Å².